The van der Waals surface area contributed by atoms with Gasteiger partial charge in [-0.15, -0.1) is 0 Å². The van der Waals surface area contributed by atoms with Crippen LogP contribution in [0.4, 0.5) is 0 Å². The second-order valence-electron chi connectivity index (χ2n) is 2.47. The molecule has 0 amide bonds. The van der Waals surface area contributed by atoms with Crippen LogP contribution in [0.15, 0.2) is 0 Å². The lowest BCUT2D eigenvalue weighted by Crippen LogP contribution is -1.85. The Morgan fingerprint density at radius 2 is 2.00 bits per heavy atom. The largest absolute Gasteiger partial charge is 0.0654 e. The van der Waals surface area contributed by atoms with E-state index < -0.39 is 0 Å². The lowest BCUT2D eigenvalue weighted by atomic mass is 10.1. The summed E-state index contributed by atoms with van der Waals surface area (Å²) >= 11 is 0. The second kappa shape index (κ2) is 5.14. The molecule has 0 bridgehead atoms. The highest BCUT2D eigenvalue weighted by Gasteiger charge is 1.91. The van der Waals surface area contributed by atoms with Crippen molar-refractivity contribution < 1.29 is 0 Å². The van der Waals surface area contributed by atoms with Gasteiger partial charge in [-0.05, 0) is 12.8 Å². The highest BCUT2D eigenvalue weighted by atomic mass is 14.0. The maximum absolute atomic E-state index is 5.53. The molecule has 0 saturated carbocycles. The summed E-state index contributed by atoms with van der Waals surface area (Å²) in [6.07, 6.45) is 5.12. The first kappa shape index (κ1) is 8.00. The number of unbranched alkanes of at least 4 members (excludes halogenated alkanes) is 2. The topological polar surface area (TPSA) is 0 Å². The van der Waals surface area contributed by atoms with Crippen LogP contribution in [0.3, 0.4) is 0 Å². The average molecular weight is 112 g/mol. The Balaban J connectivity index is 2.72. The smallest absolute Gasteiger partial charge is 0.0321 e. The van der Waals surface area contributed by atoms with E-state index in [1.807, 2.05) is 0 Å². The van der Waals surface area contributed by atoms with E-state index in [9.17, 15) is 0 Å². The van der Waals surface area contributed by atoms with Gasteiger partial charge in [-0.2, -0.15) is 0 Å². The van der Waals surface area contributed by atoms with E-state index >= 15 is 0 Å². The van der Waals surface area contributed by atoms with Crippen LogP contribution < -0.4 is 0 Å². The highest BCUT2D eigenvalue weighted by Crippen LogP contribution is 2.06. The first-order chi connectivity index (χ1) is 3.77. The lowest BCUT2D eigenvalue weighted by Gasteiger charge is -2.00. The highest BCUT2D eigenvalue weighted by molar-refractivity contribution is 4.52. The van der Waals surface area contributed by atoms with E-state index in [4.69, 9.17) is 6.92 Å². The van der Waals surface area contributed by atoms with Crippen molar-refractivity contribution in [3.05, 3.63) is 6.92 Å². The summed E-state index contributed by atoms with van der Waals surface area (Å²) in [7, 11) is 0. The van der Waals surface area contributed by atoms with Crippen LogP contribution in [-0.4, -0.2) is 0 Å². The molecule has 0 spiro atoms. The predicted octanol–water partition coefficient (Wildman–Crippen LogP) is 2.91. The maximum Gasteiger partial charge on any atom is -0.0321 e. The molecule has 0 aliphatic carbocycles. The predicted molar refractivity (Wildman–Crippen MR) is 37.6 cm³/mol. The Labute approximate surface area is 53.3 Å². The van der Waals surface area contributed by atoms with Crippen LogP contribution in [0.25, 0.3) is 0 Å². The Kier molecular flexibility index (Phi) is 5.14. The first-order valence-electron chi connectivity index (χ1n) is 3.53. The fourth-order valence-electron chi connectivity index (χ4n) is 0.716. The Bertz CT molecular complexity index is 37.3. The van der Waals surface area contributed by atoms with Gasteiger partial charge >= 0.3 is 0 Å². The van der Waals surface area contributed by atoms with Gasteiger partial charge in [-0.3, -0.25) is 0 Å². The molecule has 0 heterocycles. The molecule has 0 aromatic heterocycles. The van der Waals surface area contributed by atoms with E-state index in [1.54, 1.807) is 0 Å². The zero-order chi connectivity index (χ0) is 6.41. The van der Waals surface area contributed by atoms with Gasteiger partial charge in [0, 0.05) is 0 Å². The average Bonchev–Trinajstić information content (AvgIpc) is 1.66. The molecule has 0 N–H and O–H groups in total. The summed E-state index contributed by atoms with van der Waals surface area (Å²) in [4.78, 5) is 0. The molecule has 0 aliphatic rings. The van der Waals surface area contributed by atoms with E-state index in [0.29, 0.717) is 5.92 Å². The Hall–Kier alpha value is 0. The van der Waals surface area contributed by atoms with Crippen LogP contribution in [0.1, 0.15) is 39.5 Å². The number of hydrogen-bond acceptors (Lipinski definition) is 0. The summed E-state index contributed by atoms with van der Waals surface area (Å²) < 4.78 is 0. The van der Waals surface area contributed by atoms with Crippen LogP contribution >= 0.6 is 0 Å². The third kappa shape index (κ3) is 6.00. The van der Waals surface area contributed by atoms with Crippen molar-refractivity contribution in [2.45, 2.75) is 39.5 Å². The third-order valence-electron chi connectivity index (χ3n) is 1.26. The molecule has 48 valence electrons. The molecule has 0 nitrogen and oxygen atoms in total. The van der Waals surface area contributed by atoms with Crippen LogP contribution in [0, 0.1) is 12.8 Å². The minimum absolute atomic E-state index is 0.404. The minimum atomic E-state index is 0.404. The van der Waals surface area contributed by atoms with Crippen molar-refractivity contribution in [2.24, 2.45) is 5.92 Å². The molecule has 1 atom stereocenters. The van der Waals surface area contributed by atoms with Crippen molar-refractivity contribution in [3.63, 3.8) is 0 Å². The molecule has 0 fully saturated rings. The van der Waals surface area contributed by atoms with Gasteiger partial charge in [0.05, 0.1) is 0 Å². The molecule has 8 heavy (non-hydrogen) atoms. The van der Waals surface area contributed by atoms with E-state index in [-0.39, 0.29) is 0 Å². The van der Waals surface area contributed by atoms with Crippen molar-refractivity contribution in [1.82, 2.24) is 0 Å². The molecule has 2 radical (unpaired) electrons. The van der Waals surface area contributed by atoms with Crippen LogP contribution in [-0.2, 0) is 0 Å². The summed E-state index contributed by atoms with van der Waals surface area (Å²) in [6.45, 7) is 9.81. The summed E-state index contributed by atoms with van der Waals surface area (Å²) in [5, 5.41) is 0. The third-order valence-corrected chi connectivity index (χ3v) is 1.26. The van der Waals surface area contributed by atoms with Crippen molar-refractivity contribution in [3.8, 4) is 0 Å². The van der Waals surface area contributed by atoms with Gasteiger partial charge in [0.15, 0.2) is 0 Å². The minimum Gasteiger partial charge on any atom is -0.0654 e. The standard InChI is InChI=1S/C8H16/c1-4-5-6-7-8(2)3/h2,8H,4-7H2,1,3H3. The normalized spacial score (nSPS) is 10.5. The van der Waals surface area contributed by atoms with Gasteiger partial charge in [-0.25, -0.2) is 0 Å². The SMILES string of the molecule is [CH]C(C)CCCCC. The monoisotopic (exact) mass is 112 g/mol. The van der Waals surface area contributed by atoms with Crippen LogP contribution in [0.5, 0.6) is 0 Å². The molecule has 0 aromatic carbocycles. The Morgan fingerprint density at radius 3 is 2.38 bits per heavy atom. The summed E-state index contributed by atoms with van der Waals surface area (Å²) in [6, 6.07) is 0. The quantitative estimate of drug-likeness (QED) is 0.490. The fourth-order valence-corrected chi connectivity index (χ4v) is 0.716. The lowest BCUT2D eigenvalue weighted by molar-refractivity contribution is 0.573. The summed E-state index contributed by atoms with van der Waals surface area (Å²) in [5.74, 6) is 0.404. The molecule has 0 aliphatic heterocycles. The van der Waals surface area contributed by atoms with Gasteiger partial charge in [-0.1, -0.05) is 39.5 Å². The maximum atomic E-state index is 5.53. The first-order valence-corrected chi connectivity index (χ1v) is 3.53. The van der Waals surface area contributed by atoms with Gasteiger partial charge in [0.2, 0.25) is 0 Å². The molecular formula is C8H16. The number of hydrogen-bond donors (Lipinski definition) is 0. The van der Waals surface area contributed by atoms with Crippen molar-refractivity contribution >= 4 is 0 Å². The van der Waals surface area contributed by atoms with Gasteiger partial charge < -0.3 is 0 Å². The molecule has 1 unspecified atom stereocenters. The van der Waals surface area contributed by atoms with Crippen LogP contribution in [0.2, 0.25) is 0 Å². The Morgan fingerprint density at radius 1 is 1.38 bits per heavy atom. The molecule has 0 rings (SSSR count). The molecule has 0 aromatic rings. The van der Waals surface area contributed by atoms with Gasteiger partial charge in [0.1, 0.15) is 0 Å². The van der Waals surface area contributed by atoms with E-state index in [1.165, 1.54) is 25.7 Å². The molecule has 0 saturated heterocycles. The van der Waals surface area contributed by atoms with E-state index in [0.717, 1.165) is 0 Å². The summed E-state index contributed by atoms with van der Waals surface area (Å²) in [5.41, 5.74) is 0. The van der Waals surface area contributed by atoms with Gasteiger partial charge in [0.25, 0.3) is 0 Å². The zero-order valence-electron chi connectivity index (χ0n) is 5.98. The fraction of sp³-hybridized carbons (Fsp3) is 0.875. The van der Waals surface area contributed by atoms with E-state index in [2.05, 4.69) is 13.8 Å². The zero-order valence-corrected chi connectivity index (χ0v) is 5.98. The second-order valence-corrected chi connectivity index (χ2v) is 2.47. The van der Waals surface area contributed by atoms with Crippen molar-refractivity contribution in [2.75, 3.05) is 0 Å². The molecular weight excluding hydrogens is 96.1 g/mol. The molecule has 0 heteroatoms. The number of rotatable bonds is 4. The van der Waals surface area contributed by atoms with Crippen molar-refractivity contribution in [1.29, 1.82) is 0 Å².